The van der Waals surface area contributed by atoms with Crippen LogP contribution < -0.4 is 4.72 Å². The molecule has 4 atom stereocenters. The predicted molar refractivity (Wildman–Crippen MR) is 118 cm³/mol. The highest BCUT2D eigenvalue weighted by Crippen LogP contribution is 2.46. The van der Waals surface area contributed by atoms with E-state index in [0.29, 0.717) is 11.2 Å². The van der Waals surface area contributed by atoms with Crippen LogP contribution in [0.4, 0.5) is 13.2 Å². The number of benzene rings is 1. The van der Waals surface area contributed by atoms with Gasteiger partial charge in [0.15, 0.2) is 0 Å². The van der Waals surface area contributed by atoms with Crippen molar-refractivity contribution in [2.45, 2.75) is 42.3 Å². The molecule has 11 heteroatoms. The smallest absolute Gasteiger partial charge is 0.353 e. The predicted octanol–water partition coefficient (Wildman–Crippen LogP) is 5.29. The van der Waals surface area contributed by atoms with Gasteiger partial charge in [0, 0.05) is 17.1 Å². The van der Waals surface area contributed by atoms with E-state index in [1.54, 1.807) is 10.8 Å². The summed E-state index contributed by atoms with van der Waals surface area (Å²) in [5, 5.41) is 9.63. The Bertz CT molecular complexity index is 1330. The molecular formula is C22H20ClF3N4O2S. The van der Waals surface area contributed by atoms with Crippen molar-refractivity contribution in [3.05, 3.63) is 48.2 Å². The summed E-state index contributed by atoms with van der Waals surface area (Å²) in [6.45, 7) is 0.736. The van der Waals surface area contributed by atoms with Gasteiger partial charge in [0.05, 0.1) is 23.1 Å². The Kier molecular flexibility index (Phi) is 6.16. The Morgan fingerprint density at radius 3 is 2.67 bits per heavy atom. The standard InChI is InChI=1S/C22H20ClF3N4O2S/c1-12(22(24,25)26)30-33(31,32)19-3-2-8-28-21(19)18-9-13-4-5-14(10-17(13)29-18)20(23)16-7-6-15(16)11-27/h2-5,8-10,12,15-16,20,29-30H,6-7H2,1H3/t12-,15?,16?,20?/m1/s1. The van der Waals surface area contributed by atoms with Crippen LogP contribution in [0.3, 0.4) is 0 Å². The number of sulfonamides is 1. The molecule has 0 saturated heterocycles. The third-order valence-electron chi connectivity index (χ3n) is 5.97. The largest absolute Gasteiger partial charge is 0.404 e. The summed E-state index contributed by atoms with van der Waals surface area (Å²) in [5.74, 6) is -0.00643. The number of fused-ring (bicyclic) bond motifs is 1. The lowest BCUT2D eigenvalue weighted by Gasteiger charge is -2.35. The van der Waals surface area contributed by atoms with Crippen molar-refractivity contribution in [1.82, 2.24) is 14.7 Å². The van der Waals surface area contributed by atoms with E-state index >= 15 is 0 Å². The summed E-state index contributed by atoms with van der Waals surface area (Å²) >= 11 is 6.62. The van der Waals surface area contributed by atoms with Gasteiger partial charge in [0.2, 0.25) is 10.0 Å². The van der Waals surface area contributed by atoms with Gasteiger partial charge in [-0.25, -0.2) is 8.42 Å². The van der Waals surface area contributed by atoms with Crippen molar-refractivity contribution >= 4 is 32.5 Å². The van der Waals surface area contributed by atoms with Gasteiger partial charge in [-0.1, -0.05) is 12.1 Å². The molecule has 2 aromatic heterocycles. The lowest BCUT2D eigenvalue weighted by Crippen LogP contribution is -2.43. The normalized spacial score (nSPS) is 20.7. The van der Waals surface area contributed by atoms with Crippen LogP contribution in [0, 0.1) is 23.2 Å². The molecule has 33 heavy (non-hydrogen) atoms. The van der Waals surface area contributed by atoms with Crippen LogP contribution in [0.1, 0.15) is 30.7 Å². The quantitative estimate of drug-likeness (QED) is 0.453. The minimum atomic E-state index is -4.73. The third-order valence-corrected chi connectivity index (χ3v) is 8.12. The van der Waals surface area contributed by atoms with E-state index in [9.17, 15) is 26.9 Å². The number of aromatic amines is 1. The lowest BCUT2D eigenvalue weighted by molar-refractivity contribution is -0.147. The second kappa shape index (κ2) is 8.63. The Morgan fingerprint density at radius 2 is 2.03 bits per heavy atom. The fourth-order valence-corrected chi connectivity index (χ4v) is 5.74. The van der Waals surface area contributed by atoms with E-state index in [4.69, 9.17) is 11.6 Å². The minimum Gasteiger partial charge on any atom is -0.353 e. The number of hydrogen-bond donors (Lipinski definition) is 2. The molecule has 2 heterocycles. The summed E-state index contributed by atoms with van der Waals surface area (Å²) in [5.41, 5.74) is 1.85. The van der Waals surface area contributed by atoms with Crippen LogP contribution in [0.5, 0.6) is 0 Å². The molecule has 1 aliphatic carbocycles. The number of alkyl halides is 4. The minimum absolute atomic E-state index is 0.00286. The maximum atomic E-state index is 12.9. The zero-order valence-electron chi connectivity index (χ0n) is 17.4. The number of rotatable bonds is 6. The summed E-state index contributed by atoms with van der Waals surface area (Å²) in [7, 11) is -4.50. The van der Waals surface area contributed by atoms with Crippen LogP contribution in [-0.2, 0) is 10.0 Å². The average molecular weight is 497 g/mol. The van der Waals surface area contributed by atoms with E-state index in [1.165, 1.54) is 18.3 Å². The molecule has 0 radical (unpaired) electrons. The monoisotopic (exact) mass is 496 g/mol. The molecule has 0 amide bonds. The fourth-order valence-electron chi connectivity index (χ4n) is 3.90. The molecule has 1 fully saturated rings. The van der Waals surface area contributed by atoms with Gasteiger partial charge >= 0.3 is 6.18 Å². The molecule has 1 aromatic carbocycles. The van der Waals surface area contributed by atoms with E-state index in [-0.39, 0.29) is 27.8 Å². The van der Waals surface area contributed by atoms with Crippen molar-refractivity contribution < 1.29 is 21.6 Å². The van der Waals surface area contributed by atoms with Crippen molar-refractivity contribution in [2.24, 2.45) is 11.8 Å². The van der Waals surface area contributed by atoms with Gasteiger partial charge in [-0.05, 0) is 55.5 Å². The molecule has 1 aliphatic rings. The third kappa shape index (κ3) is 4.58. The molecule has 0 aliphatic heterocycles. The van der Waals surface area contributed by atoms with E-state index in [2.05, 4.69) is 16.0 Å². The highest BCUT2D eigenvalue weighted by atomic mass is 35.5. The average Bonchev–Trinajstić information content (AvgIpc) is 3.15. The topological polar surface area (TPSA) is 98.6 Å². The molecule has 3 unspecified atom stereocenters. The Balaban J connectivity index is 1.68. The highest BCUT2D eigenvalue weighted by molar-refractivity contribution is 7.89. The van der Waals surface area contributed by atoms with Crippen molar-refractivity contribution in [2.75, 3.05) is 0 Å². The highest BCUT2D eigenvalue weighted by Gasteiger charge is 2.40. The number of halogens is 4. The Morgan fingerprint density at radius 1 is 1.27 bits per heavy atom. The molecule has 174 valence electrons. The summed E-state index contributed by atoms with van der Waals surface area (Å²) in [6, 6.07) is 9.76. The lowest BCUT2D eigenvalue weighted by atomic mass is 9.71. The van der Waals surface area contributed by atoms with Crippen molar-refractivity contribution in [1.29, 1.82) is 5.26 Å². The molecule has 1 saturated carbocycles. The molecular weight excluding hydrogens is 477 g/mol. The summed E-state index contributed by atoms with van der Waals surface area (Å²) < 4.78 is 65.8. The van der Waals surface area contributed by atoms with Gasteiger partial charge in [-0.3, -0.25) is 4.98 Å². The van der Waals surface area contributed by atoms with Gasteiger partial charge in [0.25, 0.3) is 0 Å². The van der Waals surface area contributed by atoms with Crippen LogP contribution in [0.2, 0.25) is 0 Å². The maximum Gasteiger partial charge on any atom is 0.404 e. The number of nitrogens with one attached hydrogen (secondary N) is 2. The van der Waals surface area contributed by atoms with Crippen LogP contribution in [0.25, 0.3) is 22.3 Å². The molecule has 4 rings (SSSR count). The number of hydrogen-bond acceptors (Lipinski definition) is 4. The summed E-state index contributed by atoms with van der Waals surface area (Å²) in [6.07, 6.45) is -1.65. The maximum absolute atomic E-state index is 12.9. The summed E-state index contributed by atoms with van der Waals surface area (Å²) in [4.78, 5) is 6.85. The molecule has 0 spiro atoms. The SMILES string of the molecule is C[C@@H](NS(=O)(=O)c1cccnc1-c1cc2ccc(C(Cl)C3CCC3C#N)cc2[nH]1)C(F)(F)F. The zero-order chi connectivity index (χ0) is 24.0. The fraction of sp³-hybridized carbons (Fsp3) is 0.364. The molecule has 3 aromatic rings. The second-order valence-electron chi connectivity index (χ2n) is 8.14. The number of nitrogens with zero attached hydrogens (tertiary/aromatic N) is 2. The van der Waals surface area contributed by atoms with Crippen LogP contribution >= 0.6 is 11.6 Å². The van der Waals surface area contributed by atoms with Gasteiger partial charge in [0.1, 0.15) is 16.6 Å². The Hall–Kier alpha value is -2.61. The van der Waals surface area contributed by atoms with E-state index < -0.39 is 22.2 Å². The number of H-pyrrole nitrogens is 1. The van der Waals surface area contributed by atoms with Gasteiger partial charge in [-0.2, -0.15) is 23.2 Å². The first-order valence-corrected chi connectivity index (χ1v) is 12.1. The van der Waals surface area contributed by atoms with E-state index in [1.807, 2.05) is 18.2 Å². The zero-order valence-corrected chi connectivity index (χ0v) is 19.0. The Labute approximate surface area is 193 Å². The van der Waals surface area contributed by atoms with Gasteiger partial charge < -0.3 is 4.98 Å². The molecule has 2 N–H and O–H groups in total. The van der Waals surface area contributed by atoms with E-state index in [0.717, 1.165) is 30.7 Å². The van der Waals surface area contributed by atoms with Crippen molar-refractivity contribution in [3.63, 3.8) is 0 Å². The van der Waals surface area contributed by atoms with Gasteiger partial charge in [-0.15, -0.1) is 11.6 Å². The first-order chi connectivity index (χ1) is 15.5. The second-order valence-corrected chi connectivity index (χ2v) is 10.3. The number of aromatic nitrogens is 2. The number of nitriles is 1. The van der Waals surface area contributed by atoms with Crippen LogP contribution in [0.15, 0.2) is 47.5 Å². The molecule has 6 nitrogen and oxygen atoms in total. The first-order valence-electron chi connectivity index (χ1n) is 10.2. The first kappa shape index (κ1) is 23.5. The molecule has 0 bridgehead atoms. The van der Waals surface area contributed by atoms with Crippen molar-refractivity contribution in [3.8, 4) is 17.5 Å². The van der Waals surface area contributed by atoms with Crippen LogP contribution in [-0.4, -0.2) is 30.6 Å². The number of pyridine rings is 1.